The number of benzene rings is 2. The summed E-state index contributed by atoms with van der Waals surface area (Å²) in [7, 11) is -0.00837. The molecule has 0 saturated carbocycles. The van der Waals surface area contributed by atoms with Crippen molar-refractivity contribution in [3.05, 3.63) is 75.6 Å². The van der Waals surface area contributed by atoms with E-state index in [2.05, 4.69) is 10.1 Å². The van der Waals surface area contributed by atoms with Crippen LogP contribution in [0.15, 0.2) is 64.3 Å². The van der Waals surface area contributed by atoms with Crippen molar-refractivity contribution in [2.45, 2.75) is 44.9 Å². The van der Waals surface area contributed by atoms with Crippen LogP contribution in [0.2, 0.25) is 0 Å². The molecule has 1 aliphatic heterocycles. The highest BCUT2D eigenvalue weighted by atomic mass is 31.2. The fourth-order valence-electron chi connectivity index (χ4n) is 3.37. The molecule has 12 heteroatoms. The Morgan fingerprint density at radius 1 is 1.22 bits per heavy atom. The van der Waals surface area contributed by atoms with E-state index in [1.54, 1.807) is 13.2 Å². The lowest BCUT2D eigenvalue weighted by Crippen LogP contribution is -2.34. The molecule has 4 atom stereocenters. The van der Waals surface area contributed by atoms with Crippen molar-refractivity contribution < 1.29 is 27.7 Å². The van der Waals surface area contributed by atoms with Crippen LogP contribution in [-0.2, 0) is 18.8 Å². The third-order valence-corrected chi connectivity index (χ3v) is 6.52. The van der Waals surface area contributed by atoms with Crippen molar-refractivity contribution in [1.29, 1.82) is 0 Å². The number of H-pyrrole nitrogens is 1. The molecule has 200 valence electrons. The summed E-state index contributed by atoms with van der Waals surface area (Å²) in [4.78, 5) is 36.0. The van der Waals surface area contributed by atoms with E-state index in [-0.39, 0.29) is 19.6 Å². The van der Waals surface area contributed by atoms with Crippen molar-refractivity contribution in [2.24, 2.45) is 0 Å². The summed E-state index contributed by atoms with van der Waals surface area (Å²) in [6.07, 6.45) is -0.991. The number of hydrogen-bond donors (Lipinski definition) is 2. The number of fused-ring (bicyclic) bond motifs is 1. The molecule has 4 rings (SSSR count). The second-order valence-electron chi connectivity index (χ2n) is 8.38. The van der Waals surface area contributed by atoms with Crippen LogP contribution in [0.1, 0.15) is 26.5 Å². The predicted molar refractivity (Wildman–Crippen MR) is 138 cm³/mol. The molecule has 2 N–H and O–H groups in total. The molecule has 0 aliphatic carbocycles. The van der Waals surface area contributed by atoms with Crippen molar-refractivity contribution in [2.75, 3.05) is 20.3 Å². The Kier molecular flexibility index (Phi) is 10.9. The summed E-state index contributed by atoms with van der Waals surface area (Å²) < 4.78 is 37.5. The third kappa shape index (κ3) is 8.55. The summed E-state index contributed by atoms with van der Waals surface area (Å²) in [5.41, 5.74) is -1.32. The molecule has 0 amide bonds. The van der Waals surface area contributed by atoms with Gasteiger partial charge in [0.05, 0.1) is 25.4 Å². The maximum absolute atomic E-state index is 14.5. The monoisotopic (exact) mass is 535 g/mol. The number of aldehydes is 1. The van der Waals surface area contributed by atoms with Crippen LogP contribution in [0.4, 0.5) is 4.39 Å². The van der Waals surface area contributed by atoms with E-state index in [1.807, 2.05) is 50.2 Å². The number of methoxy groups -OCH3 is 1. The number of aromatic amines is 1. The lowest BCUT2D eigenvalue weighted by atomic mass is 10.1. The molecule has 10 nitrogen and oxygen atoms in total. The van der Waals surface area contributed by atoms with E-state index >= 15 is 0 Å². The highest BCUT2D eigenvalue weighted by molar-refractivity contribution is 7.45. The number of nitrogens with zero attached hydrogens (tertiary/aromatic N) is 1. The van der Waals surface area contributed by atoms with Crippen LogP contribution < -0.4 is 20.9 Å². The fourth-order valence-corrected chi connectivity index (χ4v) is 4.41. The molecule has 0 bridgehead atoms. The molecule has 0 spiro atoms. The molecular weight excluding hydrogens is 504 g/mol. The summed E-state index contributed by atoms with van der Waals surface area (Å²) in [5.74, 6) is 0.557. The van der Waals surface area contributed by atoms with Gasteiger partial charge in [-0.25, -0.2) is 14.3 Å². The van der Waals surface area contributed by atoms with E-state index in [0.29, 0.717) is 18.1 Å². The number of aromatic nitrogens is 2. The minimum atomic E-state index is -1.71. The number of ether oxygens (including phenoxy) is 2. The number of rotatable bonds is 10. The first-order valence-corrected chi connectivity index (χ1v) is 12.9. The van der Waals surface area contributed by atoms with E-state index in [9.17, 15) is 18.8 Å². The predicted octanol–water partition coefficient (Wildman–Crippen LogP) is 3.47. The van der Waals surface area contributed by atoms with Gasteiger partial charge in [-0.1, -0.05) is 30.3 Å². The van der Waals surface area contributed by atoms with Crippen LogP contribution in [0.25, 0.3) is 10.8 Å². The number of halogens is 1. The number of hydrogen-bond acceptors (Lipinski definition) is 8. The summed E-state index contributed by atoms with van der Waals surface area (Å²) in [5, 5.41) is 4.92. The lowest BCUT2D eigenvalue weighted by molar-refractivity contribution is -0.106. The van der Waals surface area contributed by atoms with Gasteiger partial charge in [0.2, 0.25) is 0 Å². The molecule has 1 fully saturated rings. The SMILES string of the molecule is COC(C)C.O=CCNP(OCC1CC(F)C(n2ccc(=O)[nH]c2=O)O1)Oc1ccc2ccccc2c1. The van der Waals surface area contributed by atoms with Crippen molar-refractivity contribution in [3.8, 4) is 5.75 Å². The molecule has 37 heavy (non-hydrogen) atoms. The molecular formula is C25H31FN3O7P. The normalized spacial score (nSPS) is 19.9. The van der Waals surface area contributed by atoms with Crippen molar-refractivity contribution in [3.63, 3.8) is 0 Å². The van der Waals surface area contributed by atoms with Crippen LogP contribution in [0.3, 0.4) is 0 Å². The van der Waals surface area contributed by atoms with Gasteiger partial charge in [-0.05, 0) is 36.8 Å². The first kappa shape index (κ1) is 28.6. The standard InChI is InChI=1S/C21H21FN3O6P.C4H10O/c22-18-12-17(30-20(18)25-9-7-19(27)24-21(25)28)13-29-32(23-8-10-26)31-16-6-5-14-3-1-2-4-15(14)11-16;1-4(2)5-3/h1-7,9-11,17-18,20,23H,8,12-13H2,(H,24,27,28);4H,1-3H3. The van der Waals surface area contributed by atoms with Crippen molar-refractivity contribution in [1.82, 2.24) is 14.6 Å². The minimum Gasteiger partial charge on any atom is -0.436 e. The first-order chi connectivity index (χ1) is 17.8. The largest absolute Gasteiger partial charge is 0.436 e. The van der Waals surface area contributed by atoms with Gasteiger partial charge in [0.15, 0.2) is 6.23 Å². The highest BCUT2D eigenvalue weighted by Crippen LogP contribution is 2.38. The maximum atomic E-state index is 14.5. The zero-order valence-corrected chi connectivity index (χ0v) is 21.7. The first-order valence-electron chi connectivity index (χ1n) is 11.7. The maximum Gasteiger partial charge on any atom is 0.330 e. The molecule has 4 unspecified atom stereocenters. The van der Waals surface area contributed by atoms with Crippen LogP contribution >= 0.6 is 8.53 Å². The minimum absolute atomic E-state index is 0.00304. The van der Waals surface area contributed by atoms with Crippen LogP contribution in [-0.4, -0.2) is 54.5 Å². The van der Waals surface area contributed by atoms with Gasteiger partial charge in [-0.2, -0.15) is 0 Å². The summed E-state index contributed by atoms with van der Waals surface area (Å²) in [6, 6.07) is 14.5. The van der Waals surface area contributed by atoms with Gasteiger partial charge in [0.25, 0.3) is 5.56 Å². The Morgan fingerprint density at radius 3 is 2.62 bits per heavy atom. The van der Waals surface area contributed by atoms with Gasteiger partial charge in [0, 0.05) is 25.8 Å². The fraction of sp³-hybridized carbons (Fsp3) is 0.400. The van der Waals surface area contributed by atoms with Gasteiger partial charge in [0.1, 0.15) is 18.2 Å². The zero-order valence-electron chi connectivity index (χ0n) is 20.8. The van der Waals surface area contributed by atoms with Crippen LogP contribution in [0, 0.1) is 0 Å². The number of alkyl halides is 1. The molecule has 2 heterocycles. The van der Waals surface area contributed by atoms with Gasteiger partial charge >= 0.3 is 14.2 Å². The molecule has 0 radical (unpaired) electrons. The smallest absolute Gasteiger partial charge is 0.330 e. The van der Waals surface area contributed by atoms with Crippen LogP contribution in [0.5, 0.6) is 5.75 Å². The van der Waals surface area contributed by atoms with Gasteiger partial charge in [-0.15, -0.1) is 0 Å². The van der Waals surface area contributed by atoms with Crippen molar-refractivity contribution >= 4 is 25.6 Å². The molecule has 2 aromatic carbocycles. The molecule has 1 saturated heterocycles. The van der Waals surface area contributed by atoms with Gasteiger partial charge in [-0.3, -0.25) is 14.3 Å². The van der Waals surface area contributed by atoms with Gasteiger partial charge < -0.3 is 23.3 Å². The molecule has 3 aromatic rings. The quantitative estimate of drug-likeness (QED) is 0.299. The second-order valence-corrected chi connectivity index (χ2v) is 9.66. The highest BCUT2D eigenvalue weighted by Gasteiger charge is 2.38. The van der Waals surface area contributed by atoms with E-state index < -0.39 is 38.3 Å². The Labute approximate surface area is 214 Å². The second kappa shape index (κ2) is 14.1. The number of carbonyl (C=O) groups is 1. The summed E-state index contributed by atoms with van der Waals surface area (Å²) >= 11 is 0. The summed E-state index contributed by atoms with van der Waals surface area (Å²) in [6.45, 7) is 4.01. The topological polar surface area (TPSA) is 121 Å². The number of nitrogens with one attached hydrogen (secondary N) is 2. The average Bonchev–Trinajstić information content (AvgIpc) is 3.25. The Morgan fingerprint density at radius 2 is 1.95 bits per heavy atom. The Bertz CT molecular complexity index is 1270. The van der Waals surface area contributed by atoms with E-state index in [4.69, 9.17) is 18.5 Å². The number of carbonyl (C=O) groups excluding carboxylic acids is 1. The lowest BCUT2D eigenvalue weighted by Gasteiger charge is -2.20. The Balaban J connectivity index is 0.000000695. The molecule has 1 aliphatic rings. The third-order valence-electron chi connectivity index (χ3n) is 5.32. The Hall–Kier alpha value is -2.95. The van der Waals surface area contributed by atoms with E-state index in [1.165, 1.54) is 6.20 Å². The average molecular weight is 536 g/mol. The zero-order chi connectivity index (χ0) is 26.8. The molecule has 1 aromatic heterocycles. The van der Waals surface area contributed by atoms with E-state index in [0.717, 1.165) is 21.4 Å².